The van der Waals surface area contributed by atoms with Gasteiger partial charge in [0.25, 0.3) is 0 Å². The smallest absolute Gasteiger partial charge is 0.334 e. The molecule has 0 aliphatic rings. The maximum Gasteiger partial charge on any atom is 0.334 e. The van der Waals surface area contributed by atoms with Crippen LogP contribution in [0.15, 0.2) is 11.1 Å². The number of aliphatic hydroxyl groups is 2. The van der Waals surface area contributed by atoms with Crippen molar-refractivity contribution in [2.45, 2.75) is 38.9 Å². The highest BCUT2D eigenvalue weighted by molar-refractivity contribution is 6.00. The van der Waals surface area contributed by atoms with Crippen LogP contribution in [0.4, 0.5) is 0 Å². The quantitative estimate of drug-likeness (QED) is 0.479. The molecule has 0 saturated heterocycles. The molecule has 6 nitrogen and oxygen atoms in total. The van der Waals surface area contributed by atoms with Crippen LogP contribution < -0.4 is 0 Å². The Balaban J connectivity index is 5.63. The molecule has 16 heavy (non-hydrogen) atoms. The maximum atomic E-state index is 10.9. The second-order valence-corrected chi connectivity index (χ2v) is 3.29. The third-order valence-electron chi connectivity index (χ3n) is 2.19. The van der Waals surface area contributed by atoms with Gasteiger partial charge in [-0.2, -0.15) is 0 Å². The molecule has 2 atom stereocenters. The van der Waals surface area contributed by atoms with Crippen LogP contribution in [0.3, 0.4) is 0 Å². The van der Waals surface area contributed by atoms with E-state index in [4.69, 9.17) is 10.2 Å². The first-order valence-corrected chi connectivity index (χ1v) is 4.93. The van der Waals surface area contributed by atoms with Gasteiger partial charge in [-0.05, 0) is 12.8 Å². The van der Waals surface area contributed by atoms with Crippen LogP contribution in [0.25, 0.3) is 0 Å². The third kappa shape index (κ3) is 3.32. The van der Waals surface area contributed by atoms with Gasteiger partial charge in [-0.15, -0.1) is 0 Å². The average Bonchev–Trinajstić information content (AvgIpc) is 2.22. The van der Waals surface area contributed by atoms with Gasteiger partial charge in [0.1, 0.15) is 0 Å². The number of carboxylic acids is 2. The highest BCUT2D eigenvalue weighted by Gasteiger charge is 2.29. The summed E-state index contributed by atoms with van der Waals surface area (Å²) >= 11 is 0. The van der Waals surface area contributed by atoms with Crippen molar-refractivity contribution in [1.29, 1.82) is 0 Å². The van der Waals surface area contributed by atoms with Crippen molar-refractivity contribution in [3.8, 4) is 0 Å². The van der Waals surface area contributed by atoms with E-state index < -0.39 is 35.3 Å². The van der Waals surface area contributed by atoms with Crippen molar-refractivity contribution < 1.29 is 30.0 Å². The Morgan fingerprint density at radius 1 is 0.875 bits per heavy atom. The van der Waals surface area contributed by atoms with E-state index in [0.717, 1.165) is 0 Å². The Morgan fingerprint density at radius 2 is 1.12 bits per heavy atom. The normalized spacial score (nSPS) is 16.2. The van der Waals surface area contributed by atoms with E-state index >= 15 is 0 Å². The van der Waals surface area contributed by atoms with Gasteiger partial charge in [-0.1, -0.05) is 13.8 Å². The molecule has 0 heterocycles. The van der Waals surface area contributed by atoms with E-state index in [0.29, 0.717) is 0 Å². The van der Waals surface area contributed by atoms with Crippen LogP contribution in [-0.4, -0.2) is 44.6 Å². The molecule has 0 bridgehead atoms. The van der Waals surface area contributed by atoms with Gasteiger partial charge in [0.2, 0.25) is 0 Å². The summed E-state index contributed by atoms with van der Waals surface area (Å²) in [7, 11) is 0. The first-order valence-electron chi connectivity index (χ1n) is 4.93. The van der Waals surface area contributed by atoms with Crippen LogP contribution >= 0.6 is 0 Å². The van der Waals surface area contributed by atoms with Crippen molar-refractivity contribution >= 4 is 11.9 Å². The fourth-order valence-corrected chi connectivity index (χ4v) is 1.28. The molecule has 4 N–H and O–H groups in total. The second kappa shape index (κ2) is 6.24. The van der Waals surface area contributed by atoms with E-state index in [9.17, 15) is 19.8 Å². The molecule has 0 saturated carbocycles. The summed E-state index contributed by atoms with van der Waals surface area (Å²) in [4.78, 5) is 21.7. The zero-order valence-electron chi connectivity index (χ0n) is 9.17. The topological polar surface area (TPSA) is 115 Å². The number of aliphatic carboxylic acids is 2. The van der Waals surface area contributed by atoms with Crippen molar-refractivity contribution in [1.82, 2.24) is 0 Å². The SMILES string of the molecule is CCC(O)C(C(=O)O)=C(C(=O)O)C(O)CC. The van der Waals surface area contributed by atoms with Gasteiger partial charge in [-0.3, -0.25) is 0 Å². The zero-order valence-corrected chi connectivity index (χ0v) is 9.17. The maximum absolute atomic E-state index is 10.9. The Morgan fingerprint density at radius 3 is 1.25 bits per heavy atom. The molecular formula is C10H16O6. The van der Waals surface area contributed by atoms with Gasteiger partial charge in [0.05, 0.1) is 23.4 Å². The minimum Gasteiger partial charge on any atom is -0.478 e. The predicted molar refractivity (Wildman–Crippen MR) is 54.9 cm³/mol. The summed E-state index contributed by atoms with van der Waals surface area (Å²) in [6, 6.07) is 0. The van der Waals surface area contributed by atoms with Gasteiger partial charge >= 0.3 is 11.9 Å². The van der Waals surface area contributed by atoms with Gasteiger partial charge in [0.15, 0.2) is 0 Å². The minimum atomic E-state index is -1.53. The predicted octanol–water partition coefficient (Wildman–Crippen LogP) is -0.00600. The van der Waals surface area contributed by atoms with E-state index in [1.807, 2.05) is 0 Å². The summed E-state index contributed by atoms with van der Waals surface area (Å²) in [6.07, 6.45) is -2.67. The highest BCUT2D eigenvalue weighted by atomic mass is 16.4. The van der Waals surface area contributed by atoms with E-state index in [1.165, 1.54) is 13.8 Å². The molecule has 0 rings (SSSR count). The standard InChI is InChI=1S/C10H16O6/c1-3-5(11)7(9(13)14)8(10(15)16)6(12)4-2/h5-6,11-12H,3-4H2,1-2H3,(H,13,14)(H,15,16). The van der Waals surface area contributed by atoms with Crippen LogP contribution in [0, 0.1) is 0 Å². The van der Waals surface area contributed by atoms with E-state index in [2.05, 4.69) is 0 Å². The number of rotatable bonds is 6. The lowest BCUT2D eigenvalue weighted by Crippen LogP contribution is -2.28. The summed E-state index contributed by atoms with van der Waals surface area (Å²) in [5, 5.41) is 36.6. The van der Waals surface area contributed by atoms with Crippen LogP contribution in [0.1, 0.15) is 26.7 Å². The molecule has 0 spiro atoms. The second-order valence-electron chi connectivity index (χ2n) is 3.29. The zero-order chi connectivity index (χ0) is 12.9. The lowest BCUT2D eigenvalue weighted by Gasteiger charge is -2.16. The monoisotopic (exact) mass is 232 g/mol. The van der Waals surface area contributed by atoms with Crippen molar-refractivity contribution in [3.63, 3.8) is 0 Å². The number of aliphatic hydroxyl groups excluding tert-OH is 2. The number of hydrogen-bond donors (Lipinski definition) is 4. The van der Waals surface area contributed by atoms with Crippen LogP contribution in [0.5, 0.6) is 0 Å². The van der Waals surface area contributed by atoms with Crippen molar-refractivity contribution in [2.24, 2.45) is 0 Å². The molecule has 0 aliphatic carbocycles. The molecule has 92 valence electrons. The molecule has 0 aliphatic heterocycles. The summed E-state index contributed by atoms with van der Waals surface area (Å²) < 4.78 is 0. The molecule has 0 amide bonds. The summed E-state index contributed by atoms with van der Waals surface area (Å²) in [5.74, 6) is -3.06. The van der Waals surface area contributed by atoms with Crippen LogP contribution in [0.2, 0.25) is 0 Å². The molecular weight excluding hydrogens is 216 g/mol. The molecule has 0 fully saturated rings. The molecule has 6 heteroatoms. The molecule has 0 aromatic carbocycles. The lowest BCUT2D eigenvalue weighted by atomic mass is 9.96. The largest absolute Gasteiger partial charge is 0.478 e. The average molecular weight is 232 g/mol. The third-order valence-corrected chi connectivity index (χ3v) is 2.19. The Labute approximate surface area is 92.8 Å². The van der Waals surface area contributed by atoms with Gasteiger partial charge in [-0.25, -0.2) is 9.59 Å². The molecule has 0 radical (unpaired) electrons. The first-order chi connectivity index (χ1) is 7.36. The molecule has 2 unspecified atom stereocenters. The Bertz CT molecular complexity index is 276. The van der Waals surface area contributed by atoms with Crippen molar-refractivity contribution in [2.75, 3.05) is 0 Å². The number of carbonyl (C=O) groups is 2. The Kier molecular flexibility index (Phi) is 5.69. The van der Waals surface area contributed by atoms with Crippen molar-refractivity contribution in [3.05, 3.63) is 11.1 Å². The number of hydrogen-bond acceptors (Lipinski definition) is 4. The summed E-state index contributed by atoms with van der Waals surface area (Å²) in [6.45, 7) is 3.04. The fourth-order valence-electron chi connectivity index (χ4n) is 1.28. The summed E-state index contributed by atoms with van der Waals surface area (Å²) in [5.41, 5.74) is -1.30. The highest BCUT2D eigenvalue weighted by Crippen LogP contribution is 2.18. The first kappa shape index (κ1) is 14.6. The number of carboxylic acid groups (broad SMARTS) is 2. The van der Waals surface area contributed by atoms with E-state index in [1.54, 1.807) is 0 Å². The van der Waals surface area contributed by atoms with Gasteiger partial charge < -0.3 is 20.4 Å². The molecule has 0 aromatic rings. The van der Waals surface area contributed by atoms with E-state index in [-0.39, 0.29) is 12.8 Å². The minimum absolute atomic E-state index is 0.0643. The Hall–Kier alpha value is -1.40. The molecule has 0 aromatic heterocycles. The fraction of sp³-hybridized carbons (Fsp3) is 0.600. The van der Waals surface area contributed by atoms with Gasteiger partial charge in [0, 0.05) is 0 Å². The lowest BCUT2D eigenvalue weighted by molar-refractivity contribution is -0.137. The van der Waals surface area contributed by atoms with Crippen LogP contribution in [-0.2, 0) is 9.59 Å².